The highest BCUT2D eigenvalue weighted by Gasteiger charge is 2.38. The van der Waals surface area contributed by atoms with E-state index in [2.05, 4.69) is 5.32 Å². The van der Waals surface area contributed by atoms with Crippen LogP contribution in [0.2, 0.25) is 0 Å². The molecule has 1 heterocycles. The number of nitrogens with one attached hydrogen (secondary N) is 1. The Morgan fingerprint density at radius 3 is 2.54 bits per heavy atom. The summed E-state index contributed by atoms with van der Waals surface area (Å²) in [6.45, 7) is 0. The Balaban J connectivity index is 2.80. The maximum Gasteiger partial charge on any atom is 0.209 e. The van der Waals surface area contributed by atoms with Crippen molar-refractivity contribution in [1.82, 2.24) is 10.2 Å². The maximum atomic E-state index is 11.2. The number of carbonyl (C=O) groups is 1. The average Bonchev–Trinajstić information content (AvgIpc) is 2.39. The van der Waals surface area contributed by atoms with Gasteiger partial charge in [0.1, 0.15) is 0 Å². The molecule has 13 heavy (non-hydrogen) atoms. The van der Waals surface area contributed by atoms with Gasteiger partial charge >= 0.3 is 0 Å². The first-order valence-electron chi connectivity index (χ1n) is 4.05. The zero-order valence-electron chi connectivity index (χ0n) is 7.73. The number of hydrogen-bond donors (Lipinski definition) is 1. The van der Waals surface area contributed by atoms with Crippen molar-refractivity contribution in [3.05, 3.63) is 0 Å². The predicted octanol–water partition coefficient (Wildman–Crippen LogP) is -1.54. The van der Waals surface area contributed by atoms with Gasteiger partial charge in [0.25, 0.3) is 0 Å². The monoisotopic (exact) mass is 206 g/mol. The van der Waals surface area contributed by atoms with E-state index in [1.807, 2.05) is 0 Å². The van der Waals surface area contributed by atoms with Gasteiger partial charge in [-0.15, -0.1) is 0 Å². The van der Waals surface area contributed by atoms with Crippen LogP contribution in [0.5, 0.6) is 0 Å². The zero-order valence-corrected chi connectivity index (χ0v) is 8.54. The van der Waals surface area contributed by atoms with Gasteiger partial charge in [0.05, 0.1) is 17.5 Å². The van der Waals surface area contributed by atoms with Crippen LogP contribution in [0.4, 0.5) is 0 Å². The summed E-state index contributed by atoms with van der Waals surface area (Å²) in [7, 11) is 0.331. The lowest BCUT2D eigenvalue weighted by Gasteiger charge is -2.24. The molecular weight excluding hydrogens is 192 g/mol. The van der Waals surface area contributed by atoms with Crippen molar-refractivity contribution in [1.29, 1.82) is 0 Å². The third-order valence-corrected chi connectivity index (χ3v) is 4.10. The molecule has 0 saturated carbocycles. The minimum atomic E-state index is -2.97. The summed E-state index contributed by atoms with van der Waals surface area (Å²) in [6, 6.07) is -0.368. The number of hydrogen-bond acceptors (Lipinski definition) is 4. The number of likely N-dealkylation sites (N-methyl/N-ethyl adjacent to an activating group) is 2. The second kappa shape index (κ2) is 3.63. The molecule has 1 aliphatic heterocycles. The number of rotatable bonds is 3. The molecule has 5 nitrogen and oxygen atoms in total. The Labute approximate surface area is 78.0 Å². The van der Waals surface area contributed by atoms with Gasteiger partial charge in [0.15, 0.2) is 9.84 Å². The molecule has 1 N–H and O–H groups in total. The smallest absolute Gasteiger partial charge is 0.209 e. The highest BCUT2D eigenvalue weighted by Crippen LogP contribution is 2.15. The summed E-state index contributed by atoms with van der Waals surface area (Å²) >= 11 is 0. The van der Waals surface area contributed by atoms with Crippen LogP contribution in [0.1, 0.15) is 0 Å². The molecule has 0 unspecified atom stereocenters. The van der Waals surface area contributed by atoms with E-state index in [1.54, 1.807) is 14.1 Å². The highest BCUT2D eigenvalue weighted by atomic mass is 32.2. The van der Waals surface area contributed by atoms with Crippen LogP contribution in [0.25, 0.3) is 0 Å². The second-order valence-corrected chi connectivity index (χ2v) is 5.46. The van der Waals surface area contributed by atoms with Crippen molar-refractivity contribution in [2.45, 2.75) is 12.1 Å². The number of carbonyl (C=O) groups excluding carboxylic acids is 1. The van der Waals surface area contributed by atoms with Gasteiger partial charge in [0.2, 0.25) is 6.41 Å². The number of amides is 1. The van der Waals surface area contributed by atoms with E-state index in [9.17, 15) is 13.2 Å². The van der Waals surface area contributed by atoms with Crippen LogP contribution in [0, 0.1) is 0 Å². The van der Waals surface area contributed by atoms with Crippen molar-refractivity contribution in [3.63, 3.8) is 0 Å². The quantitative estimate of drug-likeness (QED) is 0.568. The van der Waals surface area contributed by atoms with Crippen molar-refractivity contribution in [2.24, 2.45) is 0 Å². The summed E-state index contributed by atoms with van der Waals surface area (Å²) < 4.78 is 22.5. The maximum absolute atomic E-state index is 11.2. The van der Waals surface area contributed by atoms with E-state index in [0.717, 1.165) is 0 Å². The van der Waals surface area contributed by atoms with Crippen molar-refractivity contribution < 1.29 is 13.2 Å². The fraction of sp³-hybridized carbons (Fsp3) is 0.857. The standard InChI is InChI=1S/C7H14N2O3S/c1-8-6-3-13(11,12)4-7(6)9(2)5-10/h5-8H,3-4H2,1-2H3/t6-,7-/m1/s1. The van der Waals surface area contributed by atoms with E-state index in [4.69, 9.17) is 0 Å². The van der Waals surface area contributed by atoms with Crippen molar-refractivity contribution in [3.8, 4) is 0 Å². The Morgan fingerprint density at radius 2 is 2.08 bits per heavy atom. The molecular formula is C7H14N2O3S. The summed E-state index contributed by atoms with van der Waals surface area (Å²) in [5, 5.41) is 2.91. The molecule has 0 bridgehead atoms. The Bertz CT molecular complexity index is 288. The zero-order chi connectivity index (χ0) is 10.1. The third kappa shape index (κ3) is 2.19. The van der Waals surface area contributed by atoms with Crippen LogP contribution in [0.3, 0.4) is 0 Å². The van der Waals surface area contributed by atoms with Crippen LogP contribution >= 0.6 is 0 Å². The summed E-state index contributed by atoms with van der Waals surface area (Å²) in [4.78, 5) is 11.9. The van der Waals surface area contributed by atoms with Crippen LogP contribution in [-0.4, -0.2) is 57.4 Å². The minimum absolute atomic E-state index is 0.0632. The lowest BCUT2D eigenvalue weighted by molar-refractivity contribution is -0.118. The van der Waals surface area contributed by atoms with Crippen molar-refractivity contribution in [2.75, 3.05) is 25.6 Å². The summed E-state index contributed by atoms with van der Waals surface area (Å²) in [6.07, 6.45) is 0.663. The van der Waals surface area contributed by atoms with Gasteiger partial charge in [-0.05, 0) is 7.05 Å². The molecule has 0 aromatic rings. The molecule has 1 fully saturated rings. The van der Waals surface area contributed by atoms with Gasteiger partial charge in [-0.25, -0.2) is 8.42 Å². The molecule has 76 valence electrons. The summed E-state index contributed by atoms with van der Waals surface area (Å²) in [5.74, 6) is 0.181. The van der Waals surface area contributed by atoms with Gasteiger partial charge in [-0.1, -0.05) is 0 Å². The third-order valence-electron chi connectivity index (χ3n) is 2.38. The van der Waals surface area contributed by atoms with E-state index in [-0.39, 0.29) is 23.6 Å². The Hall–Kier alpha value is -0.620. The largest absolute Gasteiger partial charge is 0.343 e. The molecule has 0 aliphatic carbocycles. The first kappa shape index (κ1) is 10.5. The molecule has 0 spiro atoms. The lowest BCUT2D eigenvalue weighted by atomic mass is 10.1. The topological polar surface area (TPSA) is 66.5 Å². The highest BCUT2D eigenvalue weighted by molar-refractivity contribution is 7.91. The number of sulfone groups is 1. The van der Waals surface area contributed by atoms with Gasteiger partial charge in [-0.2, -0.15) is 0 Å². The Morgan fingerprint density at radius 1 is 1.46 bits per heavy atom. The molecule has 1 amide bonds. The van der Waals surface area contributed by atoms with E-state index >= 15 is 0 Å². The normalized spacial score (nSPS) is 31.5. The molecule has 2 atom stereocenters. The molecule has 0 radical (unpaired) electrons. The average molecular weight is 206 g/mol. The van der Waals surface area contributed by atoms with Gasteiger partial charge in [0, 0.05) is 13.1 Å². The van der Waals surface area contributed by atoms with E-state index < -0.39 is 9.84 Å². The predicted molar refractivity (Wildman–Crippen MR) is 49.1 cm³/mol. The SMILES string of the molecule is CN[C@@H]1CS(=O)(=O)C[C@H]1N(C)C=O. The second-order valence-electron chi connectivity index (χ2n) is 3.31. The van der Waals surface area contributed by atoms with Crippen LogP contribution in [-0.2, 0) is 14.6 Å². The van der Waals surface area contributed by atoms with E-state index in [1.165, 1.54) is 4.90 Å². The summed E-state index contributed by atoms with van der Waals surface area (Å²) in [5.41, 5.74) is 0. The first-order valence-corrected chi connectivity index (χ1v) is 5.87. The van der Waals surface area contributed by atoms with Gasteiger partial charge in [-0.3, -0.25) is 4.79 Å². The fourth-order valence-electron chi connectivity index (χ4n) is 1.58. The van der Waals surface area contributed by atoms with Crippen molar-refractivity contribution >= 4 is 16.2 Å². The molecule has 6 heteroatoms. The molecule has 0 aromatic carbocycles. The molecule has 1 rings (SSSR count). The molecule has 1 aliphatic rings. The van der Waals surface area contributed by atoms with Crippen LogP contribution < -0.4 is 5.32 Å². The molecule has 0 aromatic heterocycles. The fourth-order valence-corrected chi connectivity index (χ4v) is 3.64. The molecule has 1 saturated heterocycles. The van der Waals surface area contributed by atoms with E-state index in [0.29, 0.717) is 6.41 Å². The first-order chi connectivity index (χ1) is 6.00. The van der Waals surface area contributed by atoms with Crippen LogP contribution in [0.15, 0.2) is 0 Å². The number of nitrogens with zero attached hydrogens (tertiary/aromatic N) is 1. The minimum Gasteiger partial charge on any atom is -0.343 e. The van der Waals surface area contributed by atoms with Gasteiger partial charge < -0.3 is 10.2 Å². The lowest BCUT2D eigenvalue weighted by Crippen LogP contribution is -2.46. The Kier molecular flexibility index (Phi) is 2.92.